The predicted molar refractivity (Wildman–Crippen MR) is 150 cm³/mol. The quantitative estimate of drug-likeness (QED) is 0.301. The van der Waals surface area contributed by atoms with Crippen molar-refractivity contribution in [3.63, 3.8) is 0 Å². The zero-order valence-electron chi connectivity index (χ0n) is 21.9. The van der Waals surface area contributed by atoms with Crippen molar-refractivity contribution >= 4 is 43.8 Å². The number of oxazole rings is 1. The predicted octanol–water partition coefficient (Wildman–Crippen LogP) is 4.65. The molecule has 0 aliphatic carbocycles. The zero-order chi connectivity index (χ0) is 28.9. The van der Waals surface area contributed by atoms with Crippen LogP contribution in [0.5, 0.6) is 0 Å². The number of sulfonamides is 1. The number of rotatable bonds is 6. The van der Waals surface area contributed by atoms with Crippen molar-refractivity contribution in [2.45, 2.75) is 0 Å². The van der Waals surface area contributed by atoms with E-state index in [-0.39, 0.29) is 34.2 Å². The van der Waals surface area contributed by atoms with E-state index in [1.807, 2.05) is 0 Å². The van der Waals surface area contributed by atoms with E-state index >= 15 is 0 Å². The molecule has 0 fully saturated rings. The van der Waals surface area contributed by atoms with Gasteiger partial charge in [0.25, 0.3) is 5.91 Å². The van der Waals surface area contributed by atoms with Gasteiger partial charge in [-0.25, -0.2) is 22.8 Å². The molecule has 6 rings (SSSR count). The standard InChI is InChI=1S/C28H21FN6O5S/c1-30-27(36)24-18-11-17(19-13-31-14-20(33-19)28-34-26-22(40-28)5-4-10-32-26)21(35(2)41(3,37)38)12-23(18)39-25(24)15-6-8-16(29)9-7-15/h4-14H,1-3H3,(H,30,36). The Bertz CT molecular complexity index is 2040. The number of pyridine rings is 1. The minimum Gasteiger partial charge on any atom is -0.455 e. The summed E-state index contributed by atoms with van der Waals surface area (Å²) in [5, 5.41) is 3.00. The van der Waals surface area contributed by atoms with E-state index in [2.05, 4.69) is 25.3 Å². The molecule has 0 saturated heterocycles. The molecule has 0 unspecified atom stereocenters. The highest BCUT2D eigenvalue weighted by molar-refractivity contribution is 7.92. The summed E-state index contributed by atoms with van der Waals surface area (Å²) in [6.45, 7) is 0. The van der Waals surface area contributed by atoms with Gasteiger partial charge >= 0.3 is 0 Å². The summed E-state index contributed by atoms with van der Waals surface area (Å²) < 4.78 is 51.9. The number of halogens is 1. The van der Waals surface area contributed by atoms with Crippen LogP contribution >= 0.6 is 0 Å². The lowest BCUT2D eigenvalue weighted by atomic mass is 10.0. The van der Waals surface area contributed by atoms with Crippen molar-refractivity contribution in [1.82, 2.24) is 25.3 Å². The van der Waals surface area contributed by atoms with E-state index in [0.717, 1.165) is 10.6 Å². The lowest BCUT2D eigenvalue weighted by molar-refractivity contribution is 0.0964. The maximum Gasteiger partial charge on any atom is 0.255 e. The highest BCUT2D eigenvalue weighted by Gasteiger charge is 2.26. The van der Waals surface area contributed by atoms with Crippen LogP contribution in [0.25, 0.3) is 56.4 Å². The fourth-order valence-electron chi connectivity index (χ4n) is 4.41. The minimum absolute atomic E-state index is 0.181. The van der Waals surface area contributed by atoms with E-state index in [4.69, 9.17) is 8.83 Å². The lowest BCUT2D eigenvalue weighted by Crippen LogP contribution is -2.25. The first-order valence-corrected chi connectivity index (χ1v) is 14.1. The van der Waals surface area contributed by atoms with Crippen molar-refractivity contribution < 1.29 is 26.4 Å². The number of aromatic nitrogens is 4. The van der Waals surface area contributed by atoms with Crippen LogP contribution in [0.3, 0.4) is 0 Å². The summed E-state index contributed by atoms with van der Waals surface area (Å²) in [6.07, 6.45) is 5.59. The summed E-state index contributed by atoms with van der Waals surface area (Å²) in [6, 6.07) is 12.1. The SMILES string of the molecule is CNC(=O)c1c(-c2ccc(F)cc2)oc2cc(N(C)S(C)(=O)=O)c(-c3cncc(-c4nc5ncccc5o4)n3)cc12. The molecule has 1 N–H and O–H groups in total. The smallest absolute Gasteiger partial charge is 0.255 e. The third kappa shape index (κ3) is 4.65. The van der Waals surface area contributed by atoms with Crippen LogP contribution in [-0.4, -0.2) is 54.6 Å². The Labute approximate surface area is 232 Å². The van der Waals surface area contributed by atoms with E-state index in [9.17, 15) is 17.6 Å². The number of carbonyl (C=O) groups is 1. The summed E-state index contributed by atoms with van der Waals surface area (Å²) in [4.78, 5) is 30.6. The van der Waals surface area contributed by atoms with Crippen molar-refractivity contribution in [3.8, 4) is 34.2 Å². The molecule has 2 aromatic carbocycles. The van der Waals surface area contributed by atoms with Crippen LogP contribution in [0.1, 0.15) is 10.4 Å². The van der Waals surface area contributed by atoms with Crippen LogP contribution in [-0.2, 0) is 10.0 Å². The molecule has 4 aromatic heterocycles. The van der Waals surface area contributed by atoms with Crippen molar-refractivity contribution in [2.75, 3.05) is 24.7 Å². The number of fused-ring (bicyclic) bond motifs is 2. The average Bonchev–Trinajstić information content (AvgIpc) is 3.57. The maximum atomic E-state index is 13.6. The zero-order valence-corrected chi connectivity index (χ0v) is 22.7. The Kier molecular flexibility index (Phi) is 6.22. The first-order valence-electron chi connectivity index (χ1n) is 12.2. The van der Waals surface area contributed by atoms with Gasteiger partial charge in [-0.15, -0.1) is 0 Å². The van der Waals surface area contributed by atoms with Crippen molar-refractivity contribution in [1.29, 1.82) is 0 Å². The molecule has 41 heavy (non-hydrogen) atoms. The number of anilines is 1. The largest absolute Gasteiger partial charge is 0.455 e. The number of benzene rings is 2. The topological polar surface area (TPSA) is 144 Å². The van der Waals surface area contributed by atoms with Crippen LogP contribution in [0, 0.1) is 5.82 Å². The van der Waals surface area contributed by atoms with Gasteiger partial charge < -0.3 is 14.2 Å². The fraction of sp³-hybridized carbons (Fsp3) is 0.107. The van der Waals surface area contributed by atoms with E-state index in [0.29, 0.717) is 33.4 Å². The molecule has 0 radical (unpaired) electrons. The summed E-state index contributed by atoms with van der Waals surface area (Å²) in [5.74, 6) is -0.515. The third-order valence-corrected chi connectivity index (χ3v) is 7.69. The van der Waals surface area contributed by atoms with Crippen molar-refractivity contribution in [3.05, 3.63) is 78.5 Å². The molecule has 0 spiro atoms. The molecule has 0 aliphatic heterocycles. The van der Waals surface area contributed by atoms with Crippen LogP contribution in [0.2, 0.25) is 0 Å². The normalized spacial score (nSPS) is 11.7. The minimum atomic E-state index is -3.73. The van der Waals surface area contributed by atoms with E-state index in [1.165, 1.54) is 56.8 Å². The van der Waals surface area contributed by atoms with Gasteiger partial charge in [-0.05, 0) is 42.5 Å². The molecule has 0 saturated carbocycles. The number of amides is 1. The van der Waals surface area contributed by atoms with Gasteiger partial charge in [0.1, 0.15) is 22.9 Å². The van der Waals surface area contributed by atoms with Crippen LogP contribution < -0.4 is 9.62 Å². The van der Waals surface area contributed by atoms with Gasteiger partial charge in [-0.3, -0.25) is 14.1 Å². The van der Waals surface area contributed by atoms with E-state index < -0.39 is 21.7 Å². The molecule has 0 aliphatic rings. The van der Waals surface area contributed by atoms with Crippen molar-refractivity contribution in [2.24, 2.45) is 0 Å². The molecular formula is C28H21FN6O5S. The Morgan fingerprint density at radius 3 is 2.46 bits per heavy atom. The highest BCUT2D eigenvalue weighted by atomic mass is 32.2. The third-order valence-electron chi connectivity index (χ3n) is 6.50. The molecular weight excluding hydrogens is 551 g/mol. The number of nitrogens with zero attached hydrogens (tertiary/aromatic N) is 5. The molecule has 0 atom stereocenters. The van der Waals surface area contributed by atoms with Crippen LogP contribution in [0.15, 0.2) is 76.0 Å². The molecule has 206 valence electrons. The second-order valence-corrected chi connectivity index (χ2v) is 11.1. The summed E-state index contributed by atoms with van der Waals surface area (Å²) in [5.41, 5.74) is 2.93. The Balaban J connectivity index is 1.61. The monoisotopic (exact) mass is 572 g/mol. The Morgan fingerprint density at radius 2 is 1.76 bits per heavy atom. The molecule has 11 nitrogen and oxygen atoms in total. The van der Waals surface area contributed by atoms with Gasteiger partial charge in [0, 0.05) is 42.9 Å². The van der Waals surface area contributed by atoms with Gasteiger partial charge in [-0.1, -0.05) is 0 Å². The fourth-order valence-corrected chi connectivity index (χ4v) is 4.92. The van der Waals surface area contributed by atoms with Gasteiger partial charge in [0.2, 0.25) is 15.9 Å². The number of hydrogen-bond donors (Lipinski definition) is 1. The summed E-state index contributed by atoms with van der Waals surface area (Å²) in [7, 11) is -0.858. The first-order chi connectivity index (χ1) is 19.6. The second kappa shape index (κ2) is 9.78. The second-order valence-electron chi connectivity index (χ2n) is 9.12. The lowest BCUT2D eigenvalue weighted by Gasteiger charge is -2.20. The Hall–Kier alpha value is -5.17. The number of furan rings is 1. The molecule has 13 heteroatoms. The van der Waals surface area contributed by atoms with Crippen LogP contribution in [0.4, 0.5) is 10.1 Å². The maximum absolute atomic E-state index is 13.6. The van der Waals surface area contributed by atoms with E-state index in [1.54, 1.807) is 24.4 Å². The Morgan fingerprint density at radius 1 is 1.00 bits per heavy atom. The molecule has 6 aromatic rings. The average molecular weight is 573 g/mol. The number of nitrogens with one attached hydrogen (secondary N) is 1. The van der Waals surface area contributed by atoms with Gasteiger partial charge in [-0.2, -0.15) is 4.98 Å². The molecule has 4 heterocycles. The van der Waals surface area contributed by atoms with Gasteiger partial charge in [0.15, 0.2) is 11.2 Å². The molecule has 1 amide bonds. The number of hydrogen-bond acceptors (Lipinski definition) is 9. The number of carbonyl (C=O) groups excluding carboxylic acids is 1. The molecule has 0 bridgehead atoms. The highest BCUT2D eigenvalue weighted by Crippen LogP contribution is 2.41. The van der Waals surface area contributed by atoms with Gasteiger partial charge in [0.05, 0.1) is 35.6 Å². The first kappa shape index (κ1) is 26.1. The summed E-state index contributed by atoms with van der Waals surface area (Å²) >= 11 is 0.